The van der Waals surface area contributed by atoms with Crippen LogP contribution in [0.2, 0.25) is 0 Å². The molecule has 0 rings (SSSR count). The molecule has 0 radical (unpaired) electrons. The van der Waals surface area contributed by atoms with Gasteiger partial charge in [0.05, 0.1) is 12.4 Å². The van der Waals surface area contributed by atoms with E-state index in [1.165, 1.54) is 0 Å². The van der Waals surface area contributed by atoms with Crippen molar-refractivity contribution in [3.05, 3.63) is 0 Å². The molecule has 6 heteroatoms. The minimum absolute atomic E-state index is 0.176. The van der Waals surface area contributed by atoms with Gasteiger partial charge in [-0.1, -0.05) is 13.8 Å². The predicted molar refractivity (Wildman–Crippen MR) is 61.8 cm³/mol. The first-order chi connectivity index (χ1) is 6.95. The minimum Gasteiger partial charge on any atom is -0.383 e. The zero-order chi connectivity index (χ0) is 12.3. The average Bonchev–Trinajstić information content (AvgIpc) is 2.16. The summed E-state index contributed by atoms with van der Waals surface area (Å²) in [6.07, 6.45) is 0.443. The number of likely N-dealkylation sites (N-methyl/N-ethyl adjacent to an activating group) is 1. The van der Waals surface area contributed by atoms with Gasteiger partial charge >= 0.3 is 0 Å². The molecule has 0 aliphatic heterocycles. The second-order valence-corrected chi connectivity index (χ2v) is 4.51. The molecule has 0 aliphatic carbocycles. The van der Waals surface area contributed by atoms with Crippen LogP contribution in [0.5, 0.6) is 0 Å². The van der Waals surface area contributed by atoms with Crippen LogP contribution in [-0.4, -0.2) is 57.5 Å². The highest BCUT2D eigenvalue weighted by Gasteiger charge is 2.05. The van der Waals surface area contributed by atoms with E-state index < -0.39 is 10.1 Å². The lowest BCUT2D eigenvalue weighted by atomic mass is 10.4. The van der Waals surface area contributed by atoms with E-state index in [2.05, 4.69) is 0 Å². The lowest BCUT2D eigenvalue weighted by molar-refractivity contribution is 0.161. The summed E-state index contributed by atoms with van der Waals surface area (Å²) in [6, 6.07) is 0. The smallest absolute Gasteiger partial charge is 0.264 e. The molecule has 0 unspecified atom stereocenters. The second-order valence-electron chi connectivity index (χ2n) is 2.94. The summed E-state index contributed by atoms with van der Waals surface area (Å²) in [6.45, 7) is 6.04. The first-order valence-corrected chi connectivity index (χ1v) is 6.69. The van der Waals surface area contributed by atoms with Gasteiger partial charge in [-0.3, -0.25) is 4.55 Å². The summed E-state index contributed by atoms with van der Waals surface area (Å²) in [5.41, 5.74) is 0. The molecule has 0 saturated carbocycles. The van der Waals surface area contributed by atoms with Crippen molar-refractivity contribution in [1.29, 1.82) is 0 Å². The van der Waals surface area contributed by atoms with Crippen molar-refractivity contribution in [1.82, 2.24) is 4.90 Å². The van der Waals surface area contributed by atoms with Gasteiger partial charge in [0.2, 0.25) is 0 Å². The zero-order valence-corrected chi connectivity index (χ0v) is 10.9. The molecule has 0 bridgehead atoms. The normalized spacial score (nSPS) is 11.1. The quantitative estimate of drug-likeness (QED) is 0.670. The fourth-order valence-corrected chi connectivity index (χ4v) is 1.37. The van der Waals surface area contributed by atoms with E-state index in [1.54, 1.807) is 7.11 Å². The Hall–Kier alpha value is -0.170. The number of rotatable bonds is 7. The summed E-state index contributed by atoms with van der Waals surface area (Å²) in [4.78, 5) is 1.95. The van der Waals surface area contributed by atoms with E-state index in [9.17, 15) is 8.42 Å². The zero-order valence-electron chi connectivity index (χ0n) is 10.1. The number of hydrogen-bond donors (Lipinski definition) is 1. The topological polar surface area (TPSA) is 66.8 Å². The highest BCUT2D eigenvalue weighted by molar-refractivity contribution is 7.85. The van der Waals surface area contributed by atoms with Crippen LogP contribution in [0, 0.1) is 0 Å². The van der Waals surface area contributed by atoms with Crippen molar-refractivity contribution in [3.8, 4) is 0 Å². The van der Waals surface area contributed by atoms with Crippen molar-refractivity contribution in [3.63, 3.8) is 0 Å². The molecule has 0 heterocycles. The molecular formula is C9H23NO4S. The van der Waals surface area contributed by atoms with Crippen molar-refractivity contribution in [2.24, 2.45) is 0 Å². The van der Waals surface area contributed by atoms with Crippen LogP contribution in [0.15, 0.2) is 0 Å². The van der Waals surface area contributed by atoms with Gasteiger partial charge in [-0.2, -0.15) is 8.42 Å². The average molecular weight is 241 g/mol. The molecule has 0 spiro atoms. The first-order valence-electron chi connectivity index (χ1n) is 5.08. The molecule has 5 nitrogen and oxygen atoms in total. The number of methoxy groups -OCH3 is 1. The van der Waals surface area contributed by atoms with Crippen LogP contribution >= 0.6 is 0 Å². The Labute approximate surface area is 93.2 Å². The SMILES string of the molecule is CC.COCCN(C)CCCS(=O)(=O)O. The molecule has 0 aromatic carbocycles. The first kappa shape index (κ1) is 17.2. The maximum Gasteiger partial charge on any atom is 0.264 e. The summed E-state index contributed by atoms with van der Waals surface area (Å²) in [7, 11) is -0.303. The van der Waals surface area contributed by atoms with Gasteiger partial charge in [0.25, 0.3) is 10.1 Å². The number of ether oxygens (including phenoxy) is 1. The Balaban J connectivity index is 0. The lowest BCUT2D eigenvalue weighted by Gasteiger charge is -2.14. The Morgan fingerprint density at radius 3 is 2.20 bits per heavy atom. The van der Waals surface area contributed by atoms with Crippen molar-refractivity contribution in [2.75, 3.05) is 39.6 Å². The summed E-state index contributed by atoms with van der Waals surface area (Å²) >= 11 is 0. The maximum absolute atomic E-state index is 10.3. The van der Waals surface area contributed by atoms with Crippen LogP contribution in [-0.2, 0) is 14.9 Å². The van der Waals surface area contributed by atoms with Gasteiger partial charge in [0.15, 0.2) is 0 Å². The van der Waals surface area contributed by atoms with Gasteiger partial charge in [-0.15, -0.1) is 0 Å². The lowest BCUT2D eigenvalue weighted by Crippen LogP contribution is -2.25. The molecule has 0 saturated heterocycles. The van der Waals surface area contributed by atoms with Gasteiger partial charge < -0.3 is 9.64 Å². The van der Waals surface area contributed by atoms with E-state index in [0.717, 1.165) is 6.54 Å². The molecule has 0 aliphatic rings. The molecule has 0 aromatic rings. The highest BCUT2D eigenvalue weighted by atomic mass is 32.2. The van der Waals surface area contributed by atoms with E-state index >= 15 is 0 Å². The number of hydrogen-bond acceptors (Lipinski definition) is 4. The standard InChI is InChI=1S/C7H17NO4S.C2H6/c1-8(5-6-12-2)4-3-7-13(9,10)11;1-2/h3-7H2,1-2H3,(H,9,10,11);1-2H3. The fraction of sp³-hybridized carbons (Fsp3) is 1.00. The molecule has 94 valence electrons. The molecule has 1 N–H and O–H groups in total. The summed E-state index contributed by atoms with van der Waals surface area (Å²) in [5.74, 6) is -0.176. The van der Waals surface area contributed by atoms with Crippen LogP contribution in [0.25, 0.3) is 0 Å². The van der Waals surface area contributed by atoms with Crippen LogP contribution in [0.4, 0.5) is 0 Å². The Morgan fingerprint density at radius 1 is 1.27 bits per heavy atom. The Bertz CT molecular complexity index is 216. The van der Waals surface area contributed by atoms with E-state index in [0.29, 0.717) is 19.6 Å². The Morgan fingerprint density at radius 2 is 1.80 bits per heavy atom. The van der Waals surface area contributed by atoms with Gasteiger partial charge in [0, 0.05) is 13.7 Å². The van der Waals surface area contributed by atoms with Crippen LogP contribution in [0.3, 0.4) is 0 Å². The summed E-state index contributed by atoms with van der Waals surface area (Å²) in [5, 5.41) is 0. The van der Waals surface area contributed by atoms with Gasteiger partial charge in [-0.05, 0) is 20.0 Å². The van der Waals surface area contributed by atoms with Crippen molar-refractivity contribution >= 4 is 10.1 Å². The predicted octanol–water partition coefficient (Wildman–Crippen LogP) is 0.869. The molecule has 0 aromatic heterocycles. The monoisotopic (exact) mass is 241 g/mol. The second kappa shape index (κ2) is 10.4. The minimum atomic E-state index is -3.80. The molecule has 0 amide bonds. The molecular weight excluding hydrogens is 218 g/mol. The van der Waals surface area contributed by atoms with Gasteiger partial charge in [-0.25, -0.2) is 0 Å². The molecule has 15 heavy (non-hydrogen) atoms. The third-order valence-corrected chi connectivity index (χ3v) is 2.42. The molecule has 0 fully saturated rings. The fourth-order valence-electron chi connectivity index (χ4n) is 0.876. The third kappa shape index (κ3) is 16.5. The van der Waals surface area contributed by atoms with Gasteiger partial charge in [0.1, 0.15) is 0 Å². The number of nitrogens with zero attached hydrogens (tertiary/aromatic N) is 1. The Kier molecular flexibility index (Phi) is 11.9. The highest BCUT2D eigenvalue weighted by Crippen LogP contribution is 1.91. The van der Waals surface area contributed by atoms with E-state index in [-0.39, 0.29) is 5.75 Å². The van der Waals surface area contributed by atoms with E-state index in [1.807, 2.05) is 25.8 Å². The van der Waals surface area contributed by atoms with Crippen molar-refractivity contribution < 1.29 is 17.7 Å². The van der Waals surface area contributed by atoms with E-state index in [4.69, 9.17) is 9.29 Å². The third-order valence-electron chi connectivity index (χ3n) is 1.62. The maximum atomic E-state index is 10.3. The molecule has 0 atom stereocenters. The van der Waals surface area contributed by atoms with Crippen LogP contribution < -0.4 is 0 Å². The summed E-state index contributed by atoms with van der Waals surface area (Å²) < 4.78 is 34.0. The van der Waals surface area contributed by atoms with Crippen LogP contribution in [0.1, 0.15) is 20.3 Å². The largest absolute Gasteiger partial charge is 0.383 e. The van der Waals surface area contributed by atoms with Crippen molar-refractivity contribution in [2.45, 2.75) is 20.3 Å².